The van der Waals surface area contributed by atoms with Gasteiger partial charge >= 0.3 is 0 Å². The molecule has 0 radical (unpaired) electrons. The van der Waals surface area contributed by atoms with Crippen LogP contribution in [0.15, 0.2) is 47.2 Å². The molecule has 1 saturated carbocycles. The summed E-state index contributed by atoms with van der Waals surface area (Å²) in [6.45, 7) is 0. The monoisotopic (exact) mass is 372 g/mol. The van der Waals surface area contributed by atoms with Gasteiger partial charge in [-0.1, -0.05) is 15.9 Å². The predicted octanol–water partition coefficient (Wildman–Crippen LogP) is 4.42. The molecule has 0 aliphatic heterocycles. The van der Waals surface area contributed by atoms with Gasteiger partial charge in [0.25, 0.3) is 0 Å². The molecule has 2 aromatic heterocycles. The Morgan fingerprint density at radius 2 is 2.04 bits per heavy atom. The SMILES string of the molecule is Fc1cccnc1C1(Nc2ncc3cc(Br)ccc3n2)CCC1. The molecule has 116 valence electrons. The minimum absolute atomic E-state index is 0.288. The van der Waals surface area contributed by atoms with Crippen molar-refractivity contribution < 1.29 is 4.39 Å². The molecule has 0 amide bonds. The number of anilines is 1. The van der Waals surface area contributed by atoms with Gasteiger partial charge in [0.1, 0.15) is 11.5 Å². The second-order valence-corrected chi connectivity index (χ2v) is 6.71. The number of hydrogen-bond donors (Lipinski definition) is 1. The summed E-state index contributed by atoms with van der Waals surface area (Å²) in [6.07, 6.45) is 6.07. The van der Waals surface area contributed by atoms with E-state index in [4.69, 9.17) is 0 Å². The van der Waals surface area contributed by atoms with E-state index in [0.717, 1.165) is 34.6 Å². The number of hydrogen-bond acceptors (Lipinski definition) is 4. The highest BCUT2D eigenvalue weighted by Gasteiger charge is 2.42. The number of nitrogens with zero attached hydrogens (tertiary/aromatic N) is 3. The van der Waals surface area contributed by atoms with Crippen LogP contribution in [0.3, 0.4) is 0 Å². The Bertz CT molecular complexity index is 879. The Kier molecular flexibility index (Phi) is 3.49. The normalized spacial score (nSPS) is 16.1. The minimum Gasteiger partial charge on any atom is -0.343 e. The van der Waals surface area contributed by atoms with E-state index in [1.165, 1.54) is 6.07 Å². The molecule has 1 fully saturated rings. The van der Waals surface area contributed by atoms with Crippen molar-refractivity contribution in [1.82, 2.24) is 15.0 Å². The molecule has 3 aromatic rings. The van der Waals surface area contributed by atoms with Gasteiger partial charge in [0, 0.05) is 22.3 Å². The van der Waals surface area contributed by atoms with Crippen molar-refractivity contribution in [2.75, 3.05) is 5.32 Å². The van der Waals surface area contributed by atoms with Gasteiger partial charge in [0.05, 0.1) is 11.1 Å². The van der Waals surface area contributed by atoms with E-state index in [1.807, 2.05) is 18.2 Å². The van der Waals surface area contributed by atoms with Gasteiger partial charge < -0.3 is 5.32 Å². The Morgan fingerprint density at radius 1 is 1.17 bits per heavy atom. The van der Waals surface area contributed by atoms with Crippen LogP contribution >= 0.6 is 15.9 Å². The molecular formula is C17H14BrFN4. The molecule has 1 aromatic carbocycles. The lowest BCUT2D eigenvalue weighted by Gasteiger charge is -2.42. The molecule has 2 heterocycles. The fourth-order valence-electron chi connectivity index (χ4n) is 2.97. The first kappa shape index (κ1) is 14.5. The molecule has 1 aliphatic carbocycles. The lowest BCUT2D eigenvalue weighted by Crippen LogP contribution is -2.44. The standard InChI is InChI=1S/C17H14BrFN4/c18-12-4-5-14-11(9-12)10-21-16(22-14)23-17(6-2-7-17)15-13(19)3-1-8-20-15/h1,3-5,8-10H,2,6-7H2,(H,21,22,23). The summed E-state index contributed by atoms with van der Waals surface area (Å²) in [5.41, 5.74) is 0.793. The first-order valence-electron chi connectivity index (χ1n) is 7.48. The average Bonchev–Trinajstić information content (AvgIpc) is 2.52. The van der Waals surface area contributed by atoms with E-state index in [0.29, 0.717) is 11.6 Å². The molecule has 0 saturated heterocycles. The average molecular weight is 373 g/mol. The molecular weight excluding hydrogens is 359 g/mol. The smallest absolute Gasteiger partial charge is 0.223 e. The van der Waals surface area contributed by atoms with Crippen LogP contribution < -0.4 is 5.32 Å². The first-order valence-corrected chi connectivity index (χ1v) is 8.27. The topological polar surface area (TPSA) is 50.7 Å². The number of benzene rings is 1. The maximum absolute atomic E-state index is 14.2. The summed E-state index contributed by atoms with van der Waals surface area (Å²) in [5.74, 6) is 0.217. The van der Waals surface area contributed by atoms with Crippen LogP contribution in [0.5, 0.6) is 0 Å². The first-order chi connectivity index (χ1) is 11.2. The number of aromatic nitrogens is 3. The summed E-state index contributed by atoms with van der Waals surface area (Å²) in [6, 6.07) is 8.90. The summed E-state index contributed by atoms with van der Waals surface area (Å²) in [7, 11) is 0. The Labute approximate surface area is 141 Å². The Hall–Kier alpha value is -2.08. The molecule has 0 atom stereocenters. The second-order valence-electron chi connectivity index (χ2n) is 5.79. The van der Waals surface area contributed by atoms with E-state index >= 15 is 0 Å². The van der Waals surface area contributed by atoms with Crippen LogP contribution in [-0.2, 0) is 5.54 Å². The zero-order valence-electron chi connectivity index (χ0n) is 12.3. The molecule has 0 bridgehead atoms. The summed E-state index contributed by atoms with van der Waals surface area (Å²) in [5, 5.41) is 4.27. The number of rotatable bonds is 3. The van der Waals surface area contributed by atoms with Crippen LogP contribution in [0, 0.1) is 5.82 Å². The quantitative estimate of drug-likeness (QED) is 0.739. The second kappa shape index (κ2) is 5.53. The van der Waals surface area contributed by atoms with Crippen molar-refractivity contribution in [3.63, 3.8) is 0 Å². The number of fused-ring (bicyclic) bond motifs is 1. The molecule has 1 aliphatic rings. The lowest BCUT2D eigenvalue weighted by molar-refractivity contribution is 0.265. The summed E-state index contributed by atoms with van der Waals surface area (Å²) >= 11 is 3.44. The van der Waals surface area contributed by atoms with Gasteiger partial charge in [0.15, 0.2) is 0 Å². The Balaban J connectivity index is 1.71. The zero-order valence-corrected chi connectivity index (χ0v) is 13.8. The van der Waals surface area contributed by atoms with Crippen molar-refractivity contribution in [2.24, 2.45) is 0 Å². The van der Waals surface area contributed by atoms with Crippen LogP contribution in [0.1, 0.15) is 25.0 Å². The predicted molar refractivity (Wildman–Crippen MR) is 90.6 cm³/mol. The van der Waals surface area contributed by atoms with Crippen molar-refractivity contribution in [3.8, 4) is 0 Å². The highest BCUT2D eigenvalue weighted by atomic mass is 79.9. The molecule has 4 nitrogen and oxygen atoms in total. The molecule has 4 rings (SSSR count). The van der Waals surface area contributed by atoms with Crippen LogP contribution in [0.4, 0.5) is 10.3 Å². The van der Waals surface area contributed by atoms with E-state index in [-0.39, 0.29) is 5.82 Å². The van der Waals surface area contributed by atoms with E-state index in [9.17, 15) is 4.39 Å². The maximum Gasteiger partial charge on any atom is 0.223 e. The van der Waals surface area contributed by atoms with E-state index in [1.54, 1.807) is 18.5 Å². The van der Waals surface area contributed by atoms with Crippen molar-refractivity contribution >= 4 is 32.8 Å². The van der Waals surface area contributed by atoms with Crippen molar-refractivity contribution in [1.29, 1.82) is 0 Å². The highest BCUT2D eigenvalue weighted by Crippen LogP contribution is 2.43. The third kappa shape index (κ3) is 2.57. The molecule has 0 unspecified atom stereocenters. The fraction of sp³-hybridized carbons (Fsp3) is 0.235. The van der Waals surface area contributed by atoms with E-state index in [2.05, 4.69) is 36.2 Å². The molecule has 1 N–H and O–H groups in total. The van der Waals surface area contributed by atoms with Crippen molar-refractivity contribution in [2.45, 2.75) is 24.8 Å². The summed E-state index contributed by atoms with van der Waals surface area (Å²) < 4.78 is 15.1. The molecule has 6 heteroatoms. The third-order valence-electron chi connectivity index (χ3n) is 4.31. The van der Waals surface area contributed by atoms with Crippen LogP contribution in [0.25, 0.3) is 10.9 Å². The van der Waals surface area contributed by atoms with Gasteiger partial charge in [0.2, 0.25) is 5.95 Å². The van der Waals surface area contributed by atoms with Gasteiger partial charge in [-0.2, -0.15) is 0 Å². The number of halogens is 2. The number of pyridine rings is 1. The Morgan fingerprint density at radius 3 is 2.78 bits per heavy atom. The van der Waals surface area contributed by atoms with Crippen LogP contribution in [0.2, 0.25) is 0 Å². The van der Waals surface area contributed by atoms with Gasteiger partial charge in [-0.05, 0) is 49.6 Å². The largest absolute Gasteiger partial charge is 0.343 e. The van der Waals surface area contributed by atoms with Crippen molar-refractivity contribution in [3.05, 3.63) is 58.7 Å². The van der Waals surface area contributed by atoms with Gasteiger partial charge in [-0.25, -0.2) is 14.4 Å². The third-order valence-corrected chi connectivity index (χ3v) is 4.81. The summed E-state index contributed by atoms with van der Waals surface area (Å²) in [4.78, 5) is 13.2. The van der Waals surface area contributed by atoms with Gasteiger partial charge in [-0.15, -0.1) is 0 Å². The molecule has 23 heavy (non-hydrogen) atoms. The highest BCUT2D eigenvalue weighted by molar-refractivity contribution is 9.10. The molecule has 0 spiro atoms. The minimum atomic E-state index is -0.506. The maximum atomic E-state index is 14.2. The number of nitrogens with one attached hydrogen (secondary N) is 1. The zero-order chi connectivity index (χ0) is 15.9. The van der Waals surface area contributed by atoms with Crippen LogP contribution in [-0.4, -0.2) is 15.0 Å². The fourth-order valence-corrected chi connectivity index (χ4v) is 3.35. The lowest BCUT2D eigenvalue weighted by atomic mass is 9.74. The van der Waals surface area contributed by atoms with E-state index < -0.39 is 5.54 Å². The van der Waals surface area contributed by atoms with Gasteiger partial charge in [-0.3, -0.25) is 4.98 Å².